The number of halogens is 2. The summed E-state index contributed by atoms with van der Waals surface area (Å²) in [6, 6.07) is 13.7. The summed E-state index contributed by atoms with van der Waals surface area (Å²) in [4.78, 5) is 14.9. The van der Waals surface area contributed by atoms with Crippen molar-refractivity contribution in [3.05, 3.63) is 58.6 Å². The summed E-state index contributed by atoms with van der Waals surface area (Å²) in [5, 5.41) is 0.760. The molecule has 0 saturated heterocycles. The van der Waals surface area contributed by atoms with Crippen molar-refractivity contribution < 1.29 is 4.79 Å². The molecule has 24 heavy (non-hydrogen) atoms. The normalized spacial score (nSPS) is 21.6. The van der Waals surface area contributed by atoms with Crippen LogP contribution in [0, 0.1) is 5.92 Å². The van der Waals surface area contributed by atoms with Gasteiger partial charge in [-0.25, -0.2) is 0 Å². The summed E-state index contributed by atoms with van der Waals surface area (Å²) in [7, 11) is 0. The van der Waals surface area contributed by atoms with Gasteiger partial charge in [-0.15, -0.1) is 12.4 Å². The van der Waals surface area contributed by atoms with Crippen LogP contribution in [0.25, 0.3) is 0 Å². The van der Waals surface area contributed by atoms with Crippen LogP contribution in [0.15, 0.2) is 42.5 Å². The molecule has 3 nitrogen and oxygen atoms in total. The maximum Gasteiger partial charge on any atom is 0.230 e. The zero-order chi connectivity index (χ0) is 16.0. The second-order valence-corrected chi connectivity index (χ2v) is 6.82. The lowest BCUT2D eigenvalue weighted by atomic mass is 9.99. The van der Waals surface area contributed by atoms with Crippen molar-refractivity contribution in [3.8, 4) is 0 Å². The molecule has 0 radical (unpaired) electrons. The lowest BCUT2D eigenvalue weighted by Crippen LogP contribution is -2.37. The Morgan fingerprint density at radius 1 is 1.17 bits per heavy atom. The van der Waals surface area contributed by atoms with Gasteiger partial charge in [0.1, 0.15) is 0 Å². The molecule has 1 aliphatic carbocycles. The Morgan fingerprint density at radius 3 is 2.75 bits per heavy atom. The van der Waals surface area contributed by atoms with Crippen LogP contribution in [0.2, 0.25) is 5.02 Å². The van der Waals surface area contributed by atoms with Crippen LogP contribution in [0.1, 0.15) is 29.9 Å². The summed E-state index contributed by atoms with van der Waals surface area (Å²) in [5.41, 5.74) is 10.1. The van der Waals surface area contributed by atoms with E-state index in [0.29, 0.717) is 0 Å². The van der Waals surface area contributed by atoms with Crippen LogP contribution in [0.3, 0.4) is 0 Å². The second-order valence-electron chi connectivity index (χ2n) is 6.41. The molecule has 2 aromatic rings. The van der Waals surface area contributed by atoms with E-state index in [9.17, 15) is 4.79 Å². The highest BCUT2D eigenvalue weighted by Crippen LogP contribution is 2.51. The number of carbonyl (C=O) groups excluding carboxylic acids is 1. The first-order valence-corrected chi connectivity index (χ1v) is 8.48. The maximum absolute atomic E-state index is 13.0. The first-order valence-electron chi connectivity index (χ1n) is 8.10. The van der Waals surface area contributed by atoms with E-state index in [1.54, 1.807) is 0 Å². The Kier molecular flexibility index (Phi) is 4.75. The molecule has 2 aliphatic rings. The number of benzene rings is 2. The smallest absolute Gasteiger partial charge is 0.230 e. The number of amides is 1. The Bertz CT molecular complexity index is 778. The minimum absolute atomic E-state index is 0. The maximum atomic E-state index is 13.0. The number of nitrogens with zero attached hydrogens (tertiary/aromatic N) is 1. The highest BCUT2D eigenvalue weighted by molar-refractivity contribution is 6.31. The van der Waals surface area contributed by atoms with Gasteiger partial charge in [0, 0.05) is 28.9 Å². The van der Waals surface area contributed by atoms with Gasteiger partial charge >= 0.3 is 0 Å². The molecule has 4 rings (SSSR count). The third kappa shape index (κ3) is 2.87. The Balaban J connectivity index is 0.00000169. The number of hydrogen-bond donors (Lipinski definition) is 1. The van der Waals surface area contributed by atoms with Crippen LogP contribution in [0.4, 0.5) is 11.4 Å². The SMILES string of the molecule is Cl.Nc1cccc2c1CCCN2C(=O)C1CC1c1ccccc1Cl. The molecule has 1 amide bonds. The van der Waals surface area contributed by atoms with E-state index in [1.807, 2.05) is 47.4 Å². The fraction of sp³-hybridized carbons (Fsp3) is 0.316. The first kappa shape index (κ1) is 17.1. The molecule has 2 atom stereocenters. The zero-order valence-corrected chi connectivity index (χ0v) is 14.8. The van der Waals surface area contributed by atoms with Gasteiger partial charge in [-0.3, -0.25) is 4.79 Å². The first-order chi connectivity index (χ1) is 11.2. The Hall–Kier alpha value is -1.71. The van der Waals surface area contributed by atoms with Crippen LogP contribution >= 0.6 is 24.0 Å². The summed E-state index contributed by atoms with van der Waals surface area (Å²) < 4.78 is 0. The molecule has 2 unspecified atom stereocenters. The number of nitrogen functional groups attached to an aromatic ring is 1. The van der Waals surface area contributed by atoms with Crippen molar-refractivity contribution in [1.29, 1.82) is 0 Å². The fourth-order valence-electron chi connectivity index (χ4n) is 3.67. The topological polar surface area (TPSA) is 46.3 Å². The van der Waals surface area contributed by atoms with Crippen LogP contribution in [-0.4, -0.2) is 12.5 Å². The van der Waals surface area contributed by atoms with Crippen molar-refractivity contribution in [2.24, 2.45) is 5.92 Å². The predicted molar refractivity (Wildman–Crippen MR) is 101 cm³/mol. The third-order valence-electron chi connectivity index (χ3n) is 4.97. The molecule has 1 saturated carbocycles. The lowest BCUT2D eigenvalue weighted by molar-refractivity contribution is -0.120. The minimum atomic E-state index is 0. The van der Waals surface area contributed by atoms with Crippen molar-refractivity contribution in [1.82, 2.24) is 0 Å². The van der Waals surface area contributed by atoms with Gasteiger partial charge in [-0.05, 0) is 54.5 Å². The van der Waals surface area contributed by atoms with E-state index in [4.69, 9.17) is 17.3 Å². The average molecular weight is 363 g/mol. The van der Waals surface area contributed by atoms with Crippen LogP contribution in [-0.2, 0) is 11.2 Å². The lowest BCUT2D eigenvalue weighted by Gasteiger charge is -2.30. The van der Waals surface area contributed by atoms with E-state index < -0.39 is 0 Å². The number of nitrogens with two attached hydrogens (primary N) is 1. The monoisotopic (exact) mass is 362 g/mol. The molecule has 126 valence electrons. The number of hydrogen-bond acceptors (Lipinski definition) is 2. The fourth-order valence-corrected chi connectivity index (χ4v) is 3.94. The molecule has 0 bridgehead atoms. The van der Waals surface area contributed by atoms with Gasteiger partial charge in [0.05, 0.1) is 0 Å². The van der Waals surface area contributed by atoms with Crippen molar-refractivity contribution in [3.63, 3.8) is 0 Å². The third-order valence-corrected chi connectivity index (χ3v) is 5.31. The van der Waals surface area contributed by atoms with Crippen molar-refractivity contribution in [2.45, 2.75) is 25.2 Å². The molecular formula is C19H20Cl2N2O. The van der Waals surface area contributed by atoms with E-state index in [-0.39, 0.29) is 30.2 Å². The van der Waals surface area contributed by atoms with E-state index >= 15 is 0 Å². The highest BCUT2D eigenvalue weighted by Gasteiger charge is 2.47. The number of fused-ring (bicyclic) bond motifs is 1. The summed E-state index contributed by atoms with van der Waals surface area (Å²) >= 11 is 6.28. The molecule has 0 aromatic heterocycles. The van der Waals surface area contributed by atoms with Crippen molar-refractivity contribution in [2.75, 3.05) is 17.2 Å². The zero-order valence-electron chi connectivity index (χ0n) is 13.2. The second kappa shape index (κ2) is 6.66. The van der Waals surface area contributed by atoms with Gasteiger partial charge < -0.3 is 10.6 Å². The predicted octanol–water partition coefficient (Wildman–Crippen LogP) is 4.43. The molecule has 1 aliphatic heterocycles. The molecule has 2 aromatic carbocycles. The van der Waals surface area contributed by atoms with Gasteiger partial charge in [0.25, 0.3) is 0 Å². The molecule has 0 spiro atoms. The van der Waals surface area contributed by atoms with E-state index in [2.05, 4.69) is 0 Å². The largest absolute Gasteiger partial charge is 0.398 e. The Morgan fingerprint density at radius 2 is 1.96 bits per heavy atom. The summed E-state index contributed by atoms with van der Waals surface area (Å²) in [6.45, 7) is 0.779. The highest BCUT2D eigenvalue weighted by atomic mass is 35.5. The van der Waals surface area contributed by atoms with Gasteiger partial charge in [0.2, 0.25) is 5.91 Å². The summed E-state index contributed by atoms with van der Waals surface area (Å²) in [6.07, 6.45) is 2.80. The molecule has 5 heteroatoms. The molecular weight excluding hydrogens is 343 g/mol. The number of carbonyl (C=O) groups is 1. The number of anilines is 2. The average Bonchev–Trinajstić information content (AvgIpc) is 3.35. The quantitative estimate of drug-likeness (QED) is 0.803. The van der Waals surface area contributed by atoms with E-state index in [0.717, 1.165) is 53.3 Å². The van der Waals surface area contributed by atoms with Crippen molar-refractivity contribution >= 4 is 41.3 Å². The van der Waals surface area contributed by atoms with Gasteiger partial charge in [-0.1, -0.05) is 35.9 Å². The molecule has 2 N–H and O–H groups in total. The standard InChI is InChI=1S/C19H19ClN2O.ClH/c20-16-7-2-1-5-12(16)14-11-15(14)19(23)22-10-4-6-13-17(21)8-3-9-18(13)22;/h1-3,5,7-9,14-15H,4,6,10-11,21H2;1H. The minimum Gasteiger partial charge on any atom is -0.398 e. The van der Waals surface area contributed by atoms with Gasteiger partial charge in [-0.2, -0.15) is 0 Å². The molecule has 1 fully saturated rings. The van der Waals surface area contributed by atoms with Crippen LogP contribution in [0.5, 0.6) is 0 Å². The van der Waals surface area contributed by atoms with Gasteiger partial charge in [0.15, 0.2) is 0 Å². The molecule has 1 heterocycles. The Labute approximate surface area is 153 Å². The van der Waals surface area contributed by atoms with Crippen LogP contribution < -0.4 is 10.6 Å². The van der Waals surface area contributed by atoms with E-state index in [1.165, 1.54) is 0 Å². The summed E-state index contributed by atoms with van der Waals surface area (Å²) in [5.74, 6) is 0.506. The number of rotatable bonds is 2.